The molecule has 2 aliphatic rings. The molecule has 13 heavy (non-hydrogen) atoms. The van der Waals surface area contributed by atoms with Crippen LogP contribution in [0, 0.1) is 40.4 Å². The molecule has 2 rings (SSSR count). The summed E-state index contributed by atoms with van der Waals surface area (Å²) >= 11 is 0. The van der Waals surface area contributed by atoms with Crippen LogP contribution in [0.15, 0.2) is 0 Å². The minimum absolute atomic E-state index is 0.319. The van der Waals surface area contributed by atoms with Gasteiger partial charge in [0.2, 0.25) is 0 Å². The second-order valence-electron chi connectivity index (χ2n) is 4.06. The lowest BCUT2D eigenvalue weighted by atomic mass is 10.1. The highest BCUT2D eigenvalue weighted by Gasteiger charge is 2.27. The van der Waals surface area contributed by atoms with Gasteiger partial charge in [-0.1, -0.05) is 0 Å². The van der Waals surface area contributed by atoms with Gasteiger partial charge in [0.25, 0.3) is 0 Å². The summed E-state index contributed by atoms with van der Waals surface area (Å²) in [5.41, 5.74) is 0. The van der Waals surface area contributed by atoms with E-state index in [4.69, 9.17) is 10.5 Å². The number of nitrogens with zero attached hydrogens (tertiary/aromatic N) is 2. The van der Waals surface area contributed by atoms with Crippen LogP contribution in [0.5, 0.6) is 0 Å². The van der Waals surface area contributed by atoms with Gasteiger partial charge in [-0.3, -0.25) is 0 Å². The van der Waals surface area contributed by atoms with Crippen LogP contribution in [0.3, 0.4) is 0 Å². The van der Waals surface area contributed by atoms with Gasteiger partial charge in [0.05, 0.1) is 12.1 Å². The van der Waals surface area contributed by atoms with Gasteiger partial charge >= 0.3 is 0 Å². The largest absolute Gasteiger partial charge is 0.198 e. The molecule has 0 N–H and O–H groups in total. The molecular weight excluding hydrogens is 160 g/mol. The van der Waals surface area contributed by atoms with Crippen LogP contribution in [-0.4, -0.2) is 0 Å². The molecule has 0 aliphatic heterocycles. The van der Waals surface area contributed by atoms with Crippen molar-refractivity contribution in [3.8, 4) is 12.1 Å². The molecule has 70 valence electrons. The Morgan fingerprint density at radius 1 is 1.23 bits per heavy atom. The van der Waals surface area contributed by atoms with Crippen LogP contribution in [0.2, 0.25) is 0 Å². The van der Waals surface area contributed by atoms with Crippen LogP contribution in [0.1, 0.15) is 39.0 Å². The molecule has 0 amide bonds. The molecule has 0 aromatic heterocycles. The molecular formula is C11H16N2. The summed E-state index contributed by atoms with van der Waals surface area (Å²) in [6.07, 6.45) is 5.96. The maximum absolute atomic E-state index is 8.30. The molecule has 0 aromatic rings. The summed E-state index contributed by atoms with van der Waals surface area (Å²) in [5, 5.41) is 16.3. The number of hydrogen-bond donors (Lipinski definition) is 0. The molecule has 1 unspecified atom stereocenters. The van der Waals surface area contributed by atoms with Crippen molar-refractivity contribution in [1.29, 1.82) is 10.5 Å². The summed E-state index contributed by atoms with van der Waals surface area (Å²) < 4.78 is 0. The van der Waals surface area contributed by atoms with E-state index in [0.29, 0.717) is 5.92 Å². The summed E-state index contributed by atoms with van der Waals surface area (Å²) in [5.74, 6) is 1.86. The Bertz CT molecular complexity index is 225. The molecule has 1 atom stereocenters. The fraction of sp³-hybridized carbons (Fsp3) is 0.818. The highest BCUT2D eigenvalue weighted by Crippen LogP contribution is 2.35. The Morgan fingerprint density at radius 3 is 2.00 bits per heavy atom. The van der Waals surface area contributed by atoms with Crippen molar-refractivity contribution in [3.05, 3.63) is 0 Å². The minimum atomic E-state index is 0.319. The average Bonchev–Trinajstić information content (AvgIpc) is 2.97. The maximum atomic E-state index is 8.30. The zero-order valence-electron chi connectivity index (χ0n) is 8.16. The predicted molar refractivity (Wildman–Crippen MR) is 50.5 cm³/mol. The normalized spacial score (nSPS) is 21.8. The fourth-order valence-electron chi connectivity index (χ4n) is 1.15. The maximum Gasteiger partial charge on any atom is 0.0655 e. The molecule has 2 heteroatoms. The third kappa shape index (κ3) is 4.53. The van der Waals surface area contributed by atoms with Crippen molar-refractivity contribution in [2.45, 2.75) is 39.0 Å². The van der Waals surface area contributed by atoms with Crippen molar-refractivity contribution in [2.75, 3.05) is 0 Å². The Balaban J connectivity index is 0.000000132. The molecule has 0 spiro atoms. The average molecular weight is 176 g/mol. The fourth-order valence-corrected chi connectivity index (χ4v) is 1.15. The van der Waals surface area contributed by atoms with E-state index in [1.54, 1.807) is 0 Å². The van der Waals surface area contributed by atoms with E-state index in [1.165, 1.54) is 25.7 Å². The van der Waals surface area contributed by atoms with Crippen LogP contribution in [0.4, 0.5) is 0 Å². The molecule has 2 saturated carbocycles. The standard InChI is InChI=1S/C6H9N.C5H7N/c1-5(4-7)6-2-3-6;6-4-3-5-1-2-5/h5-6H,2-3H2,1H3;5H,1-3H2. The van der Waals surface area contributed by atoms with E-state index in [2.05, 4.69) is 12.1 Å². The first-order chi connectivity index (χ1) is 6.27. The third-order valence-corrected chi connectivity index (χ3v) is 2.61. The van der Waals surface area contributed by atoms with Crippen LogP contribution < -0.4 is 0 Å². The summed E-state index contributed by atoms with van der Waals surface area (Å²) in [4.78, 5) is 0. The van der Waals surface area contributed by atoms with Gasteiger partial charge in [0.15, 0.2) is 0 Å². The van der Waals surface area contributed by atoms with Gasteiger partial charge in [-0.2, -0.15) is 10.5 Å². The highest BCUT2D eigenvalue weighted by atomic mass is 14.4. The summed E-state index contributed by atoms with van der Waals surface area (Å²) in [6.45, 7) is 2.00. The highest BCUT2D eigenvalue weighted by molar-refractivity contribution is 4.91. The van der Waals surface area contributed by atoms with E-state index in [9.17, 15) is 0 Å². The molecule has 0 saturated heterocycles. The lowest BCUT2D eigenvalue weighted by Gasteiger charge is -1.90. The van der Waals surface area contributed by atoms with Crippen LogP contribution in [0.25, 0.3) is 0 Å². The van der Waals surface area contributed by atoms with Crippen molar-refractivity contribution in [2.24, 2.45) is 17.8 Å². The minimum Gasteiger partial charge on any atom is -0.198 e. The lowest BCUT2D eigenvalue weighted by Crippen LogP contribution is -1.89. The first kappa shape index (κ1) is 10.1. The Morgan fingerprint density at radius 2 is 1.85 bits per heavy atom. The van der Waals surface area contributed by atoms with E-state index in [1.807, 2.05) is 6.92 Å². The number of rotatable bonds is 2. The van der Waals surface area contributed by atoms with Crippen LogP contribution in [-0.2, 0) is 0 Å². The van der Waals surface area contributed by atoms with Crippen molar-refractivity contribution >= 4 is 0 Å². The molecule has 2 nitrogen and oxygen atoms in total. The molecule has 2 aliphatic carbocycles. The van der Waals surface area contributed by atoms with Gasteiger partial charge in [-0.15, -0.1) is 0 Å². The van der Waals surface area contributed by atoms with E-state index in [0.717, 1.165) is 18.3 Å². The van der Waals surface area contributed by atoms with Crippen molar-refractivity contribution < 1.29 is 0 Å². The van der Waals surface area contributed by atoms with E-state index >= 15 is 0 Å². The van der Waals surface area contributed by atoms with Crippen molar-refractivity contribution in [1.82, 2.24) is 0 Å². The summed E-state index contributed by atoms with van der Waals surface area (Å²) in [6, 6.07) is 4.36. The van der Waals surface area contributed by atoms with Gasteiger partial charge in [0, 0.05) is 12.3 Å². The predicted octanol–water partition coefficient (Wildman–Crippen LogP) is 2.87. The van der Waals surface area contributed by atoms with Gasteiger partial charge in [-0.25, -0.2) is 0 Å². The van der Waals surface area contributed by atoms with Crippen molar-refractivity contribution in [3.63, 3.8) is 0 Å². The lowest BCUT2D eigenvalue weighted by molar-refractivity contribution is 0.642. The van der Waals surface area contributed by atoms with E-state index < -0.39 is 0 Å². The molecule has 0 heterocycles. The van der Waals surface area contributed by atoms with Gasteiger partial charge < -0.3 is 0 Å². The smallest absolute Gasteiger partial charge is 0.0655 e. The first-order valence-electron chi connectivity index (χ1n) is 5.04. The Hall–Kier alpha value is -1.02. The topological polar surface area (TPSA) is 47.6 Å². The first-order valence-corrected chi connectivity index (χ1v) is 5.04. The van der Waals surface area contributed by atoms with E-state index in [-0.39, 0.29) is 0 Å². The number of nitriles is 2. The van der Waals surface area contributed by atoms with Gasteiger partial charge in [-0.05, 0) is 44.4 Å². The Labute approximate surface area is 80.2 Å². The van der Waals surface area contributed by atoms with Gasteiger partial charge in [0.1, 0.15) is 0 Å². The zero-order valence-corrected chi connectivity index (χ0v) is 8.16. The molecule has 0 radical (unpaired) electrons. The monoisotopic (exact) mass is 176 g/mol. The third-order valence-electron chi connectivity index (χ3n) is 2.61. The zero-order chi connectivity index (χ0) is 9.68. The van der Waals surface area contributed by atoms with Crippen LogP contribution >= 0.6 is 0 Å². The second-order valence-corrected chi connectivity index (χ2v) is 4.06. The molecule has 0 bridgehead atoms. The summed E-state index contributed by atoms with van der Waals surface area (Å²) in [7, 11) is 0. The second kappa shape index (κ2) is 4.87. The molecule has 0 aromatic carbocycles. The molecule has 2 fully saturated rings. The number of hydrogen-bond acceptors (Lipinski definition) is 2. The SMILES string of the molecule is CC(C#N)C1CC1.N#CCC1CC1. The quantitative estimate of drug-likeness (QED) is 0.649. The Kier molecular flexibility index (Phi) is 3.77.